The molecule has 3 aromatic rings. The Kier molecular flexibility index (Phi) is 5.19. The highest BCUT2D eigenvalue weighted by Gasteiger charge is 2.05. The number of benzene rings is 2. The minimum absolute atomic E-state index is 0.0192. The van der Waals surface area contributed by atoms with Gasteiger partial charge in [-0.3, -0.25) is 4.79 Å². The quantitative estimate of drug-likeness (QED) is 0.723. The molecule has 0 aliphatic rings. The van der Waals surface area contributed by atoms with Crippen LogP contribution in [-0.4, -0.2) is 29.3 Å². The van der Waals surface area contributed by atoms with E-state index in [4.69, 9.17) is 9.15 Å². The van der Waals surface area contributed by atoms with Crippen molar-refractivity contribution < 1.29 is 13.9 Å². The second-order valence-electron chi connectivity index (χ2n) is 5.14. The highest BCUT2D eigenvalue weighted by Crippen LogP contribution is 2.19. The van der Waals surface area contributed by atoms with E-state index < -0.39 is 0 Å². The molecule has 0 aliphatic heterocycles. The van der Waals surface area contributed by atoms with Crippen molar-refractivity contribution in [3.8, 4) is 17.2 Å². The zero-order valence-electron chi connectivity index (χ0n) is 13.0. The summed E-state index contributed by atoms with van der Waals surface area (Å²) in [5, 5.41) is 10.3. The van der Waals surface area contributed by atoms with Crippen molar-refractivity contribution in [3.05, 3.63) is 66.6 Å². The van der Waals surface area contributed by atoms with E-state index in [1.807, 2.05) is 30.3 Å². The fourth-order valence-electron chi connectivity index (χ4n) is 2.18. The van der Waals surface area contributed by atoms with E-state index >= 15 is 0 Å². The predicted molar refractivity (Wildman–Crippen MR) is 88.4 cm³/mol. The SMILES string of the molecule is O=C(COc1ccc(-c2nnco2)cc1)NCCc1ccccc1. The van der Waals surface area contributed by atoms with Crippen LogP contribution >= 0.6 is 0 Å². The molecular formula is C18H17N3O3. The summed E-state index contributed by atoms with van der Waals surface area (Å²) in [4.78, 5) is 11.8. The lowest BCUT2D eigenvalue weighted by Gasteiger charge is -2.08. The van der Waals surface area contributed by atoms with Crippen molar-refractivity contribution in [2.24, 2.45) is 0 Å². The summed E-state index contributed by atoms with van der Waals surface area (Å²) >= 11 is 0. The first kappa shape index (κ1) is 15.7. The Morgan fingerprint density at radius 3 is 2.58 bits per heavy atom. The molecule has 1 heterocycles. The lowest BCUT2D eigenvalue weighted by Crippen LogP contribution is -2.30. The van der Waals surface area contributed by atoms with Gasteiger partial charge in [-0.1, -0.05) is 30.3 Å². The zero-order valence-corrected chi connectivity index (χ0v) is 13.0. The van der Waals surface area contributed by atoms with Gasteiger partial charge in [-0.15, -0.1) is 10.2 Å². The molecule has 6 nitrogen and oxygen atoms in total. The van der Waals surface area contributed by atoms with Gasteiger partial charge in [0.15, 0.2) is 6.61 Å². The lowest BCUT2D eigenvalue weighted by atomic mass is 10.1. The Bertz CT molecular complexity index is 756. The van der Waals surface area contributed by atoms with Crippen LogP contribution in [0.4, 0.5) is 0 Å². The molecule has 1 N–H and O–H groups in total. The molecule has 0 aliphatic carbocycles. The van der Waals surface area contributed by atoms with Gasteiger partial charge in [0.2, 0.25) is 12.3 Å². The van der Waals surface area contributed by atoms with Crippen LogP contribution in [0.15, 0.2) is 65.4 Å². The fraction of sp³-hybridized carbons (Fsp3) is 0.167. The first-order chi connectivity index (χ1) is 11.8. The van der Waals surface area contributed by atoms with Crippen molar-refractivity contribution in [1.82, 2.24) is 15.5 Å². The van der Waals surface area contributed by atoms with Crippen LogP contribution in [0, 0.1) is 0 Å². The lowest BCUT2D eigenvalue weighted by molar-refractivity contribution is -0.123. The van der Waals surface area contributed by atoms with E-state index in [9.17, 15) is 4.79 Å². The van der Waals surface area contributed by atoms with Crippen molar-refractivity contribution in [3.63, 3.8) is 0 Å². The normalized spacial score (nSPS) is 10.3. The second-order valence-corrected chi connectivity index (χ2v) is 5.14. The van der Waals surface area contributed by atoms with Crippen LogP contribution in [-0.2, 0) is 11.2 Å². The summed E-state index contributed by atoms with van der Waals surface area (Å²) in [6, 6.07) is 17.1. The molecule has 1 aromatic heterocycles. The van der Waals surface area contributed by atoms with Crippen molar-refractivity contribution in [2.45, 2.75) is 6.42 Å². The van der Waals surface area contributed by atoms with Crippen molar-refractivity contribution >= 4 is 5.91 Å². The van der Waals surface area contributed by atoms with E-state index in [0.29, 0.717) is 18.2 Å². The molecule has 0 bridgehead atoms. The number of hydrogen-bond donors (Lipinski definition) is 1. The third kappa shape index (κ3) is 4.42. The molecule has 0 saturated heterocycles. The monoisotopic (exact) mass is 323 g/mol. The third-order valence-corrected chi connectivity index (χ3v) is 3.41. The van der Waals surface area contributed by atoms with Gasteiger partial charge in [0.1, 0.15) is 5.75 Å². The van der Waals surface area contributed by atoms with E-state index in [0.717, 1.165) is 12.0 Å². The summed E-state index contributed by atoms with van der Waals surface area (Å²) in [6.07, 6.45) is 2.07. The smallest absolute Gasteiger partial charge is 0.257 e. The number of nitrogens with zero attached hydrogens (tertiary/aromatic N) is 2. The van der Waals surface area contributed by atoms with Crippen LogP contribution < -0.4 is 10.1 Å². The summed E-state index contributed by atoms with van der Waals surface area (Å²) in [5.74, 6) is 0.906. The van der Waals surface area contributed by atoms with Crippen LogP contribution in [0.1, 0.15) is 5.56 Å². The summed E-state index contributed by atoms with van der Waals surface area (Å²) in [5.41, 5.74) is 1.99. The second kappa shape index (κ2) is 7.92. The van der Waals surface area contributed by atoms with Gasteiger partial charge in [0.25, 0.3) is 5.91 Å². The van der Waals surface area contributed by atoms with Gasteiger partial charge >= 0.3 is 0 Å². The highest BCUT2D eigenvalue weighted by molar-refractivity contribution is 5.77. The van der Waals surface area contributed by atoms with Crippen molar-refractivity contribution in [1.29, 1.82) is 0 Å². The predicted octanol–water partition coefficient (Wildman–Crippen LogP) is 2.47. The Balaban J connectivity index is 1.41. The van der Waals surface area contributed by atoms with E-state index in [1.54, 1.807) is 24.3 Å². The number of aromatic nitrogens is 2. The maximum atomic E-state index is 11.8. The van der Waals surface area contributed by atoms with Crippen LogP contribution in [0.25, 0.3) is 11.5 Å². The van der Waals surface area contributed by atoms with Crippen LogP contribution in [0.2, 0.25) is 0 Å². The molecule has 6 heteroatoms. The number of amides is 1. The van der Waals surface area contributed by atoms with Crippen molar-refractivity contribution in [2.75, 3.05) is 13.2 Å². The average molecular weight is 323 g/mol. The van der Waals surface area contributed by atoms with Crippen LogP contribution in [0.5, 0.6) is 5.75 Å². The summed E-state index contributed by atoms with van der Waals surface area (Å²) in [6.45, 7) is 0.566. The molecular weight excluding hydrogens is 306 g/mol. The minimum Gasteiger partial charge on any atom is -0.484 e. The summed E-state index contributed by atoms with van der Waals surface area (Å²) < 4.78 is 10.6. The first-order valence-corrected chi connectivity index (χ1v) is 7.61. The maximum absolute atomic E-state index is 11.8. The maximum Gasteiger partial charge on any atom is 0.257 e. The van der Waals surface area contributed by atoms with E-state index in [1.165, 1.54) is 12.0 Å². The standard InChI is InChI=1S/C18H17N3O3/c22-17(19-11-10-14-4-2-1-3-5-14)12-23-16-8-6-15(7-9-16)18-21-20-13-24-18/h1-9,13H,10-12H2,(H,19,22). The van der Waals surface area contributed by atoms with Gasteiger partial charge in [-0.25, -0.2) is 0 Å². The van der Waals surface area contributed by atoms with Gasteiger partial charge < -0.3 is 14.5 Å². The van der Waals surface area contributed by atoms with Gasteiger partial charge in [-0.05, 0) is 36.2 Å². The third-order valence-electron chi connectivity index (χ3n) is 3.41. The molecule has 0 saturated carbocycles. The Labute approximate surface area is 139 Å². The molecule has 0 fully saturated rings. The number of carbonyl (C=O) groups excluding carboxylic acids is 1. The molecule has 3 rings (SSSR count). The molecule has 0 radical (unpaired) electrons. The number of rotatable bonds is 7. The number of hydrogen-bond acceptors (Lipinski definition) is 5. The topological polar surface area (TPSA) is 77.2 Å². The van der Waals surface area contributed by atoms with Gasteiger partial charge in [0.05, 0.1) is 0 Å². The Morgan fingerprint density at radius 1 is 1.08 bits per heavy atom. The number of nitrogens with one attached hydrogen (secondary N) is 1. The highest BCUT2D eigenvalue weighted by atomic mass is 16.5. The summed E-state index contributed by atoms with van der Waals surface area (Å²) in [7, 11) is 0. The molecule has 2 aromatic carbocycles. The van der Waals surface area contributed by atoms with Crippen LogP contribution in [0.3, 0.4) is 0 Å². The Hall–Kier alpha value is -3.15. The number of carbonyl (C=O) groups is 1. The average Bonchev–Trinajstić information content (AvgIpc) is 3.16. The van der Waals surface area contributed by atoms with Gasteiger partial charge in [0, 0.05) is 12.1 Å². The molecule has 1 amide bonds. The Morgan fingerprint density at radius 2 is 1.88 bits per heavy atom. The first-order valence-electron chi connectivity index (χ1n) is 7.61. The van der Waals surface area contributed by atoms with Gasteiger partial charge in [-0.2, -0.15) is 0 Å². The van der Waals surface area contributed by atoms with E-state index in [-0.39, 0.29) is 12.5 Å². The molecule has 24 heavy (non-hydrogen) atoms. The largest absolute Gasteiger partial charge is 0.484 e. The fourth-order valence-corrected chi connectivity index (χ4v) is 2.18. The zero-order chi connectivity index (χ0) is 16.6. The molecule has 0 unspecified atom stereocenters. The molecule has 122 valence electrons. The minimum atomic E-state index is -0.146. The molecule has 0 spiro atoms. The van der Waals surface area contributed by atoms with E-state index in [2.05, 4.69) is 15.5 Å². The number of ether oxygens (including phenoxy) is 1. The molecule has 0 atom stereocenters.